The van der Waals surface area contributed by atoms with Crippen molar-refractivity contribution in [3.8, 4) is 16.8 Å². The first-order valence-corrected chi connectivity index (χ1v) is 9.86. The highest BCUT2D eigenvalue weighted by Gasteiger charge is 2.13. The fraction of sp³-hybridized carbons (Fsp3) is 0.0400. The molecule has 0 aliphatic rings. The van der Waals surface area contributed by atoms with E-state index in [1.54, 1.807) is 0 Å². The Hall–Kier alpha value is -2.84. The molecule has 0 radical (unpaired) electrons. The number of hydrogen-bond donors (Lipinski definition) is 0. The molecule has 4 aromatic carbocycles. The molecule has 5 aromatic rings. The van der Waals surface area contributed by atoms with Gasteiger partial charge in [-0.15, -0.1) is 0 Å². The summed E-state index contributed by atoms with van der Waals surface area (Å²) in [6.45, 7) is 2.15. The van der Waals surface area contributed by atoms with Gasteiger partial charge in [0.05, 0.1) is 11.0 Å². The van der Waals surface area contributed by atoms with Gasteiger partial charge in [0.2, 0.25) is 0 Å². The lowest BCUT2D eigenvalue weighted by atomic mass is 10.1. The summed E-state index contributed by atoms with van der Waals surface area (Å²) in [5.41, 5.74) is 7.39. The van der Waals surface area contributed by atoms with Crippen LogP contribution in [0.3, 0.4) is 0 Å². The fourth-order valence-corrected chi connectivity index (χ4v) is 4.20. The zero-order valence-corrected chi connectivity index (χ0v) is 16.6. The molecule has 1 heterocycles. The third-order valence-corrected chi connectivity index (χ3v) is 5.59. The highest BCUT2D eigenvalue weighted by molar-refractivity contribution is 9.10. The van der Waals surface area contributed by atoms with Crippen LogP contribution in [-0.2, 0) is 0 Å². The molecular weight excluding hydrogens is 394 g/mol. The van der Waals surface area contributed by atoms with Gasteiger partial charge in [0.15, 0.2) is 0 Å². The van der Waals surface area contributed by atoms with Gasteiger partial charge in [0.1, 0.15) is 0 Å². The lowest BCUT2D eigenvalue weighted by Gasteiger charge is -2.10. The maximum absolute atomic E-state index is 3.64. The Bertz CT molecular complexity index is 1220. The summed E-state index contributed by atoms with van der Waals surface area (Å²) in [4.78, 5) is 0. The van der Waals surface area contributed by atoms with E-state index < -0.39 is 0 Å². The molecule has 0 bridgehead atoms. The molecule has 0 fully saturated rings. The van der Waals surface area contributed by atoms with Crippen LogP contribution in [0.1, 0.15) is 5.56 Å². The Morgan fingerprint density at radius 2 is 1.33 bits per heavy atom. The van der Waals surface area contributed by atoms with E-state index in [1.807, 2.05) is 0 Å². The average molecular weight is 412 g/mol. The molecule has 0 spiro atoms. The van der Waals surface area contributed by atoms with Crippen LogP contribution >= 0.6 is 15.9 Å². The molecule has 2 heteroatoms. The van der Waals surface area contributed by atoms with Crippen molar-refractivity contribution >= 4 is 37.7 Å². The summed E-state index contributed by atoms with van der Waals surface area (Å²) in [7, 11) is 0. The summed E-state index contributed by atoms with van der Waals surface area (Å²) in [6, 6.07) is 32.6. The van der Waals surface area contributed by atoms with Crippen molar-refractivity contribution in [3.05, 3.63) is 101 Å². The van der Waals surface area contributed by atoms with Gasteiger partial charge in [0.25, 0.3) is 0 Å². The van der Waals surface area contributed by atoms with Crippen LogP contribution in [0.4, 0.5) is 0 Å². The number of benzene rings is 4. The Balaban J connectivity index is 1.83. The Morgan fingerprint density at radius 1 is 0.630 bits per heavy atom. The largest absolute Gasteiger partial charge is 0.309 e. The number of aromatic nitrogens is 1. The van der Waals surface area contributed by atoms with E-state index in [1.165, 1.54) is 44.2 Å². The molecule has 0 atom stereocenters. The summed E-state index contributed by atoms with van der Waals surface area (Å²) >= 11 is 3.64. The number of fused-ring (bicyclic) bond motifs is 3. The summed E-state index contributed by atoms with van der Waals surface area (Å²) in [5.74, 6) is 0. The second-order valence-corrected chi connectivity index (χ2v) is 7.85. The van der Waals surface area contributed by atoms with Crippen molar-refractivity contribution in [2.45, 2.75) is 6.92 Å². The number of halogens is 1. The highest BCUT2D eigenvalue weighted by Crippen LogP contribution is 2.35. The van der Waals surface area contributed by atoms with E-state index in [2.05, 4.69) is 118 Å². The van der Waals surface area contributed by atoms with Crippen LogP contribution in [0.2, 0.25) is 0 Å². The minimum absolute atomic E-state index is 1.11. The lowest BCUT2D eigenvalue weighted by molar-refractivity contribution is 1.18. The average Bonchev–Trinajstić information content (AvgIpc) is 3.02. The molecule has 0 saturated heterocycles. The van der Waals surface area contributed by atoms with Crippen LogP contribution < -0.4 is 0 Å². The molecule has 0 amide bonds. The number of aryl methyl sites for hydroxylation is 1. The van der Waals surface area contributed by atoms with Crippen molar-refractivity contribution in [2.24, 2.45) is 0 Å². The zero-order chi connectivity index (χ0) is 18.4. The first-order chi connectivity index (χ1) is 13.2. The van der Waals surface area contributed by atoms with E-state index >= 15 is 0 Å². The Kier molecular flexibility index (Phi) is 3.87. The summed E-state index contributed by atoms with van der Waals surface area (Å²) in [6.07, 6.45) is 0. The van der Waals surface area contributed by atoms with E-state index in [0.717, 1.165) is 4.47 Å². The topological polar surface area (TPSA) is 4.93 Å². The van der Waals surface area contributed by atoms with Crippen LogP contribution in [-0.4, -0.2) is 4.57 Å². The zero-order valence-electron chi connectivity index (χ0n) is 15.0. The molecule has 0 aliphatic carbocycles. The molecule has 0 saturated carbocycles. The third-order valence-electron chi connectivity index (χ3n) is 5.09. The van der Waals surface area contributed by atoms with Gasteiger partial charge in [-0.2, -0.15) is 0 Å². The maximum Gasteiger partial charge on any atom is 0.0541 e. The van der Waals surface area contributed by atoms with Gasteiger partial charge in [-0.3, -0.25) is 0 Å². The molecule has 0 N–H and O–H groups in total. The normalized spacial score (nSPS) is 11.3. The predicted octanol–water partition coefficient (Wildman–Crippen LogP) is 7.52. The van der Waals surface area contributed by atoms with Gasteiger partial charge in [-0.25, -0.2) is 0 Å². The first kappa shape index (κ1) is 16.3. The van der Waals surface area contributed by atoms with Gasteiger partial charge in [0, 0.05) is 20.9 Å². The van der Waals surface area contributed by atoms with Crippen LogP contribution in [0.25, 0.3) is 38.6 Å². The predicted molar refractivity (Wildman–Crippen MR) is 119 cm³/mol. The lowest BCUT2D eigenvalue weighted by Crippen LogP contribution is -1.94. The van der Waals surface area contributed by atoms with Crippen molar-refractivity contribution in [1.29, 1.82) is 0 Å². The van der Waals surface area contributed by atoms with E-state index in [0.29, 0.717) is 0 Å². The molecule has 0 unspecified atom stereocenters. The van der Waals surface area contributed by atoms with E-state index in [9.17, 15) is 0 Å². The first-order valence-electron chi connectivity index (χ1n) is 9.07. The third kappa shape index (κ3) is 2.77. The van der Waals surface area contributed by atoms with Crippen LogP contribution in [0, 0.1) is 6.92 Å². The fourth-order valence-electron chi connectivity index (χ4n) is 3.84. The minimum atomic E-state index is 1.11. The van der Waals surface area contributed by atoms with Gasteiger partial charge < -0.3 is 4.57 Å². The molecule has 1 aromatic heterocycles. The van der Waals surface area contributed by atoms with Crippen molar-refractivity contribution in [3.63, 3.8) is 0 Å². The SMILES string of the molecule is Cc1ccc2c(c1)c1cc(Br)ccc1n2-c1cccc(-c2ccccc2)c1. The van der Waals surface area contributed by atoms with Crippen LogP contribution in [0.5, 0.6) is 0 Å². The summed E-state index contributed by atoms with van der Waals surface area (Å²) < 4.78 is 3.47. The Labute approximate surface area is 167 Å². The number of nitrogens with zero attached hydrogens (tertiary/aromatic N) is 1. The molecule has 130 valence electrons. The smallest absolute Gasteiger partial charge is 0.0541 e. The van der Waals surface area contributed by atoms with Crippen LogP contribution in [0.15, 0.2) is 95.5 Å². The van der Waals surface area contributed by atoms with Gasteiger partial charge >= 0.3 is 0 Å². The molecule has 1 nitrogen and oxygen atoms in total. The maximum atomic E-state index is 3.64. The number of hydrogen-bond acceptors (Lipinski definition) is 0. The molecule has 27 heavy (non-hydrogen) atoms. The number of rotatable bonds is 2. The molecule has 0 aliphatic heterocycles. The van der Waals surface area contributed by atoms with E-state index in [4.69, 9.17) is 0 Å². The summed E-state index contributed by atoms with van der Waals surface area (Å²) in [5, 5.41) is 2.56. The van der Waals surface area contributed by atoms with Gasteiger partial charge in [-0.1, -0.05) is 70.0 Å². The second-order valence-electron chi connectivity index (χ2n) is 6.93. The van der Waals surface area contributed by atoms with Gasteiger partial charge in [-0.05, 0) is 60.5 Å². The highest BCUT2D eigenvalue weighted by atomic mass is 79.9. The molecular formula is C25H18BrN. The minimum Gasteiger partial charge on any atom is -0.309 e. The molecule has 5 rings (SSSR count). The second kappa shape index (κ2) is 6.40. The van der Waals surface area contributed by atoms with E-state index in [-0.39, 0.29) is 0 Å². The Morgan fingerprint density at radius 3 is 2.15 bits per heavy atom. The standard InChI is InChI=1S/C25H18BrN/c1-17-10-12-24-22(14-17)23-16-20(26)11-13-25(23)27(24)21-9-5-8-19(15-21)18-6-3-2-4-7-18/h2-16H,1H3. The monoisotopic (exact) mass is 411 g/mol. The van der Waals surface area contributed by atoms with Crippen molar-refractivity contribution < 1.29 is 0 Å². The van der Waals surface area contributed by atoms with Crippen molar-refractivity contribution in [1.82, 2.24) is 4.57 Å². The quantitative estimate of drug-likeness (QED) is 0.283. The van der Waals surface area contributed by atoms with Crippen molar-refractivity contribution in [2.75, 3.05) is 0 Å².